The Morgan fingerprint density at radius 3 is 2.53 bits per heavy atom. The number of amides is 1. The van der Waals surface area contributed by atoms with Gasteiger partial charge in [0.1, 0.15) is 5.75 Å². The average Bonchev–Trinajstić information content (AvgIpc) is 3.64. The van der Waals surface area contributed by atoms with E-state index in [1.165, 1.54) is 11.3 Å². The van der Waals surface area contributed by atoms with Crippen molar-refractivity contribution in [1.82, 2.24) is 4.98 Å². The Bertz CT molecular complexity index is 1280. The minimum Gasteiger partial charge on any atom is -0.497 e. The van der Waals surface area contributed by atoms with Crippen molar-refractivity contribution in [2.45, 2.75) is 48.0 Å². The zero-order valence-electron chi connectivity index (χ0n) is 18.7. The van der Waals surface area contributed by atoms with Gasteiger partial charge in [0.25, 0.3) is 5.91 Å². The van der Waals surface area contributed by atoms with Crippen LogP contribution < -0.4 is 10.1 Å². The van der Waals surface area contributed by atoms with E-state index in [0.29, 0.717) is 49.6 Å². The summed E-state index contributed by atoms with van der Waals surface area (Å²) in [5, 5.41) is 3.06. The van der Waals surface area contributed by atoms with E-state index in [2.05, 4.69) is 10.3 Å². The average molecular weight is 503 g/mol. The minimum atomic E-state index is -3.30. The van der Waals surface area contributed by atoms with E-state index in [1.807, 2.05) is 18.2 Å². The number of hydrogen-bond donors (Lipinski definition) is 1. The van der Waals surface area contributed by atoms with Gasteiger partial charge in [-0.15, -0.1) is 0 Å². The first kappa shape index (κ1) is 23.2. The van der Waals surface area contributed by atoms with E-state index < -0.39 is 15.9 Å². The van der Waals surface area contributed by atoms with E-state index in [9.17, 15) is 13.2 Å². The van der Waals surface area contributed by atoms with Crippen LogP contribution >= 0.6 is 11.3 Å². The summed E-state index contributed by atoms with van der Waals surface area (Å²) in [6.07, 6.45) is 1.77. The molecule has 1 aromatic heterocycles. The number of sulfone groups is 1. The van der Waals surface area contributed by atoms with Crippen molar-refractivity contribution in [1.29, 1.82) is 0 Å². The first-order valence-electron chi connectivity index (χ1n) is 11.3. The molecule has 1 aliphatic carbocycles. The quantitative estimate of drug-likeness (QED) is 0.494. The molecule has 8 nitrogen and oxygen atoms in total. The summed E-state index contributed by atoms with van der Waals surface area (Å²) in [5.74, 6) is 0.367. The number of hydrogen-bond acceptors (Lipinski definition) is 8. The normalized spacial score (nSPS) is 18.0. The van der Waals surface area contributed by atoms with Crippen LogP contribution in [0.15, 0.2) is 47.4 Å². The number of rotatable bonds is 8. The zero-order chi connectivity index (χ0) is 23.7. The lowest BCUT2D eigenvalue weighted by molar-refractivity contribution is -0.136. The largest absolute Gasteiger partial charge is 0.497 e. The fourth-order valence-electron chi connectivity index (χ4n) is 3.96. The molecule has 2 aromatic carbocycles. The summed E-state index contributed by atoms with van der Waals surface area (Å²) in [6, 6.07) is 12.0. The molecule has 180 valence electrons. The smallest absolute Gasteiger partial charge is 0.259 e. The number of thiazole rings is 1. The van der Waals surface area contributed by atoms with E-state index >= 15 is 0 Å². The van der Waals surface area contributed by atoms with Gasteiger partial charge in [-0.1, -0.05) is 23.5 Å². The maximum Gasteiger partial charge on any atom is 0.259 e. The SMILES string of the molecule is COc1ccc2nc(NC(=O)C(OC3CCOCC3)c3ccc(S(=O)(=O)C4CC4)cc3)sc2c1. The van der Waals surface area contributed by atoms with Gasteiger partial charge in [-0.25, -0.2) is 13.4 Å². The molecule has 1 amide bonds. The molecule has 0 radical (unpaired) electrons. The Labute approximate surface area is 202 Å². The van der Waals surface area contributed by atoms with Crippen LogP contribution in [0.2, 0.25) is 0 Å². The van der Waals surface area contributed by atoms with Crippen LogP contribution in [0, 0.1) is 0 Å². The minimum absolute atomic E-state index is 0.126. The van der Waals surface area contributed by atoms with Crippen LogP contribution in [-0.2, 0) is 24.1 Å². The Balaban J connectivity index is 1.39. The molecular weight excluding hydrogens is 476 g/mol. The summed E-state index contributed by atoms with van der Waals surface area (Å²) >= 11 is 1.35. The Morgan fingerprint density at radius 2 is 1.85 bits per heavy atom. The number of benzene rings is 2. The lowest BCUT2D eigenvalue weighted by atomic mass is 10.1. The topological polar surface area (TPSA) is 104 Å². The number of carbonyl (C=O) groups excluding carboxylic acids is 1. The molecule has 3 aromatic rings. The molecule has 1 saturated carbocycles. The van der Waals surface area contributed by atoms with Gasteiger partial charge >= 0.3 is 0 Å². The van der Waals surface area contributed by atoms with Crippen molar-refractivity contribution in [3.8, 4) is 5.75 Å². The predicted octanol–water partition coefficient (Wildman–Crippen LogP) is 4.12. The molecule has 1 atom stereocenters. The fraction of sp³-hybridized carbons (Fsp3) is 0.417. The predicted molar refractivity (Wildman–Crippen MR) is 129 cm³/mol. The number of nitrogens with one attached hydrogen (secondary N) is 1. The van der Waals surface area contributed by atoms with Gasteiger partial charge in [-0.2, -0.15) is 0 Å². The number of aromatic nitrogens is 1. The van der Waals surface area contributed by atoms with Crippen molar-refractivity contribution in [2.75, 3.05) is 25.6 Å². The van der Waals surface area contributed by atoms with Crippen LogP contribution in [-0.4, -0.2) is 51.0 Å². The maximum atomic E-state index is 13.3. The van der Waals surface area contributed by atoms with Gasteiger partial charge in [0.05, 0.1) is 33.6 Å². The summed E-state index contributed by atoms with van der Waals surface area (Å²) in [6.45, 7) is 1.16. The lowest BCUT2D eigenvalue weighted by Gasteiger charge is -2.27. The highest BCUT2D eigenvalue weighted by Gasteiger charge is 2.37. The molecule has 2 aliphatic rings. The summed E-state index contributed by atoms with van der Waals surface area (Å²) < 4.78 is 42.9. The van der Waals surface area contributed by atoms with Crippen molar-refractivity contribution in [3.05, 3.63) is 48.0 Å². The molecule has 0 spiro atoms. The van der Waals surface area contributed by atoms with E-state index in [-0.39, 0.29) is 22.2 Å². The van der Waals surface area contributed by atoms with Gasteiger partial charge in [0, 0.05) is 13.2 Å². The second kappa shape index (κ2) is 9.61. The van der Waals surface area contributed by atoms with Gasteiger partial charge in [-0.05, 0) is 61.6 Å². The van der Waals surface area contributed by atoms with Crippen LogP contribution in [0.4, 0.5) is 5.13 Å². The van der Waals surface area contributed by atoms with Crippen LogP contribution in [0.1, 0.15) is 37.4 Å². The molecule has 0 bridgehead atoms. The zero-order valence-corrected chi connectivity index (χ0v) is 20.4. The molecule has 1 unspecified atom stereocenters. The number of nitrogens with zero attached hydrogens (tertiary/aromatic N) is 1. The molecule has 10 heteroatoms. The number of carbonyl (C=O) groups is 1. The summed E-state index contributed by atoms with van der Waals surface area (Å²) in [4.78, 5) is 18.1. The molecule has 1 saturated heterocycles. The van der Waals surface area contributed by atoms with Crippen LogP contribution in [0.3, 0.4) is 0 Å². The fourth-order valence-corrected chi connectivity index (χ4v) is 6.51. The monoisotopic (exact) mass is 502 g/mol. The highest BCUT2D eigenvalue weighted by atomic mass is 32.2. The molecular formula is C24H26N2O6S2. The van der Waals surface area contributed by atoms with Crippen molar-refractivity contribution >= 4 is 42.4 Å². The van der Waals surface area contributed by atoms with E-state index in [0.717, 1.165) is 16.0 Å². The lowest BCUT2D eigenvalue weighted by Crippen LogP contribution is -2.31. The van der Waals surface area contributed by atoms with Crippen molar-refractivity contribution < 1.29 is 27.4 Å². The molecule has 2 heterocycles. The van der Waals surface area contributed by atoms with Gasteiger partial charge < -0.3 is 14.2 Å². The number of fused-ring (bicyclic) bond motifs is 1. The molecule has 1 aliphatic heterocycles. The molecule has 34 heavy (non-hydrogen) atoms. The van der Waals surface area contributed by atoms with Crippen molar-refractivity contribution in [3.63, 3.8) is 0 Å². The molecule has 5 rings (SSSR count). The Hall–Kier alpha value is -2.53. The van der Waals surface area contributed by atoms with Crippen molar-refractivity contribution in [2.24, 2.45) is 0 Å². The summed E-state index contributed by atoms with van der Waals surface area (Å²) in [5.41, 5.74) is 1.36. The highest BCUT2D eigenvalue weighted by Crippen LogP contribution is 2.35. The standard InChI is InChI=1S/C24H26N2O6S2/c1-30-17-4-9-20-21(14-17)33-24(25-20)26-23(27)22(32-16-10-12-31-13-11-16)15-2-5-18(6-3-15)34(28,29)19-7-8-19/h2-6,9,14,16,19,22H,7-8,10-13H2,1H3,(H,25,26,27). The third-order valence-corrected chi connectivity index (χ3v) is 9.25. The maximum absolute atomic E-state index is 13.3. The van der Waals surface area contributed by atoms with Crippen LogP contribution in [0.25, 0.3) is 10.2 Å². The number of ether oxygens (including phenoxy) is 3. The van der Waals surface area contributed by atoms with Gasteiger partial charge in [-0.3, -0.25) is 10.1 Å². The third-order valence-electron chi connectivity index (χ3n) is 6.04. The first-order valence-corrected chi connectivity index (χ1v) is 13.6. The van der Waals surface area contributed by atoms with Gasteiger partial charge in [0.15, 0.2) is 21.1 Å². The van der Waals surface area contributed by atoms with Gasteiger partial charge in [0.2, 0.25) is 0 Å². The number of anilines is 1. The highest BCUT2D eigenvalue weighted by molar-refractivity contribution is 7.92. The molecule has 1 N–H and O–H groups in total. The third kappa shape index (κ3) is 4.95. The van der Waals surface area contributed by atoms with Crippen LogP contribution in [0.5, 0.6) is 5.75 Å². The van der Waals surface area contributed by atoms with E-state index in [4.69, 9.17) is 14.2 Å². The summed E-state index contributed by atoms with van der Waals surface area (Å²) in [7, 11) is -1.70. The second-order valence-corrected chi connectivity index (χ2v) is 11.7. The van der Waals surface area contributed by atoms with E-state index in [1.54, 1.807) is 31.4 Å². The Morgan fingerprint density at radius 1 is 1.12 bits per heavy atom. The second-order valence-electron chi connectivity index (χ2n) is 8.48. The molecule has 2 fully saturated rings. The first-order chi connectivity index (χ1) is 16.4. The Kier molecular flexibility index (Phi) is 6.57. The number of methoxy groups -OCH3 is 1.